The number of fused-ring (bicyclic) bond motifs is 1. The van der Waals surface area contributed by atoms with Crippen molar-refractivity contribution in [2.24, 2.45) is 0 Å². The highest BCUT2D eigenvalue weighted by molar-refractivity contribution is 5.81. The molecular formula is C24H31NO4. The number of ether oxygens (including phenoxy) is 3. The fourth-order valence-electron chi connectivity index (χ4n) is 3.84. The van der Waals surface area contributed by atoms with Crippen LogP contribution >= 0.6 is 0 Å². The fraction of sp³-hybridized carbons (Fsp3) is 0.458. The molecule has 2 unspecified atom stereocenters. The van der Waals surface area contributed by atoms with Crippen molar-refractivity contribution < 1.29 is 19.0 Å². The summed E-state index contributed by atoms with van der Waals surface area (Å²) >= 11 is 0. The summed E-state index contributed by atoms with van der Waals surface area (Å²) in [7, 11) is 1.63. The number of aryl methyl sites for hydroxylation is 2. The lowest BCUT2D eigenvalue weighted by Crippen LogP contribution is -2.45. The molecule has 0 bridgehead atoms. The number of methoxy groups -OCH3 is 1. The summed E-state index contributed by atoms with van der Waals surface area (Å²) in [5, 5.41) is 3.18. The molecule has 2 aromatic rings. The average molecular weight is 398 g/mol. The molecule has 1 N–H and O–H groups in total. The maximum absolute atomic E-state index is 13.1. The summed E-state index contributed by atoms with van der Waals surface area (Å²) < 4.78 is 17.5. The van der Waals surface area contributed by atoms with Crippen LogP contribution in [-0.2, 0) is 4.79 Å². The van der Waals surface area contributed by atoms with Gasteiger partial charge in [0.2, 0.25) is 0 Å². The van der Waals surface area contributed by atoms with E-state index in [9.17, 15) is 4.79 Å². The summed E-state index contributed by atoms with van der Waals surface area (Å²) in [6.45, 7) is 10.1. The molecule has 29 heavy (non-hydrogen) atoms. The standard InChI is InChI=1S/C24H31NO4/c1-7-21(28-18-11-15(2)10-16(3)12-18)23(26)25-20-14-24(4,5)29-22-9-8-17(27-6)13-19(20)22/h8-13,20-21H,7,14H2,1-6H3,(H,25,26). The Kier molecular flexibility index (Phi) is 6.06. The van der Waals surface area contributed by atoms with Crippen LogP contribution in [0.15, 0.2) is 36.4 Å². The minimum absolute atomic E-state index is 0.122. The van der Waals surface area contributed by atoms with Crippen molar-refractivity contribution >= 4 is 5.91 Å². The third-order valence-electron chi connectivity index (χ3n) is 5.13. The molecule has 0 fully saturated rings. The van der Waals surface area contributed by atoms with E-state index in [1.54, 1.807) is 7.11 Å². The quantitative estimate of drug-likeness (QED) is 0.754. The van der Waals surface area contributed by atoms with Crippen molar-refractivity contribution in [1.29, 1.82) is 0 Å². The second-order valence-electron chi connectivity index (χ2n) is 8.37. The van der Waals surface area contributed by atoms with Crippen LogP contribution in [0.4, 0.5) is 0 Å². The highest BCUT2D eigenvalue weighted by Gasteiger charge is 2.36. The Bertz CT molecular complexity index is 870. The van der Waals surface area contributed by atoms with Crippen molar-refractivity contribution in [2.75, 3.05) is 7.11 Å². The Balaban J connectivity index is 1.81. The van der Waals surface area contributed by atoms with Gasteiger partial charge < -0.3 is 19.5 Å². The van der Waals surface area contributed by atoms with Gasteiger partial charge in [-0.15, -0.1) is 0 Å². The Morgan fingerprint density at radius 3 is 2.48 bits per heavy atom. The maximum Gasteiger partial charge on any atom is 0.261 e. The van der Waals surface area contributed by atoms with Crippen LogP contribution in [0.3, 0.4) is 0 Å². The van der Waals surface area contributed by atoms with E-state index < -0.39 is 6.10 Å². The van der Waals surface area contributed by atoms with E-state index in [1.807, 2.05) is 65.0 Å². The van der Waals surface area contributed by atoms with Crippen LogP contribution in [0.25, 0.3) is 0 Å². The first-order chi connectivity index (χ1) is 13.7. The number of hydrogen-bond donors (Lipinski definition) is 1. The van der Waals surface area contributed by atoms with E-state index in [0.29, 0.717) is 12.8 Å². The SMILES string of the molecule is CCC(Oc1cc(C)cc(C)c1)C(=O)NC1CC(C)(C)Oc2ccc(OC)cc21. The third-order valence-corrected chi connectivity index (χ3v) is 5.13. The number of carbonyl (C=O) groups excluding carboxylic acids is 1. The topological polar surface area (TPSA) is 56.8 Å². The average Bonchev–Trinajstić information content (AvgIpc) is 2.64. The zero-order valence-corrected chi connectivity index (χ0v) is 18.2. The minimum atomic E-state index is -0.559. The van der Waals surface area contributed by atoms with Crippen molar-refractivity contribution in [1.82, 2.24) is 5.32 Å². The van der Waals surface area contributed by atoms with Gasteiger partial charge in [-0.3, -0.25) is 4.79 Å². The lowest BCUT2D eigenvalue weighted by Gasteiger charge is -2.38. The van der Waals surface area contributed by atoms with E-state index in [1.165, 1.54) is 0 Å². The van der Waals surface area contributed by atoms with E-state index >= 15 is 0 Å². The third kappa shape index (κ3) is 5.03. The predicted octanol–water partition coefficient (Wildman–Crippen LogP) is 4.89. The highest BCUT2D eigenvalue weighted by atomic mass is 16.5. The molecular weight excluding hydrogens is 366 g/mol. The normalized spacial score (nSPS) is 18.2. The summed E-state index contributed by atoms with van der Waals surface area (Å²) in [6, 6.07) is 11.5. The largest absolute Gasteiger partial charge is 0.497 e. The fourth-order valence-corrected chi connectivity index (χ4v) is 3.84. The first-order valence-corrected chi connectivity index (χ1v) is 10.1. The smallest absolute Gasteiger partial charge is 0.261 e. The van der Waals surface area contributed by atoms with Crippen molar-refractivity contribution in [3.8, 4) is 17.2 Å². The van der Waals surface area contributed by atoms with E-state index in [0.717, 1.165) is 33.9 Å². The summed E-state index contributed by atoms with van der Waals surface area (Å²) in [5.74, 6) is 2.11. The van der Waals surface area contributed by atoms with Crippen LogP contribution in [0.2, 0.25) is 0 Å². The first-order valence-electron chi connectivity index (χ1n) is 10.1. The Morgan fingerprint density at radius 2 is 1.86 bits per heavy atom. The second-order valence-corrected chi connectivity index (χ2v) is 8.37. The lowest BCUT2D eigenvalue weighted by molar-refractivity contribution is -0.129. The Labute approximate surface area is 173 Å². The molecule has 5 nitrogen and oxygen atoms in total. The van der Waals surface area contributed by atoms with Gasteiger partial charge in [-0.05, 0) is 75.6 Å². The molecule has 0 aromatic heterocycles. The molecule has 1 aliphatic rings. The summed E-state index contributed by atoms with van der Waals surface area (Å²) in [6.07, 6.45) is 0.686. The Morgan fingerprint density at radius 1 is 1.17 bits per heavy atom. The maximum atomic E-state index is 13.1. The predicted molar refractivity (Wildman–Crippen MR) is 114 cm³/mol. The van der Waals surface area contributed by atoms with Gasteiger partial charge in [0.25, 0.3) is 5.91 Å². The van der Waals surface area contributed by atoms with Gasteiger partial charge in [-0.25, -0.2) is 0 Å². The number of hydrogen-bond acceptors (Lipinski definition) is 4. The summed E-state index contributed by atoms with van der Waals surface area (Å²) in [5.41, 5.74) is 2.78. The molecule has 2 aromatic carbocycles. The van der Waals surface area contributed by atoms with Gasteiger partial charge in [0.1, 0.15) is 22.8 Å². The number of nitrogens with one attached hydrogen (secondary N) is 1. The molecule has 156 valence electrons. The van der Waals surface area contributed by atoms with Crippen molar-refractivity contribution in [3.63, 3.8) is 0 Å². The molecule has 1 amide bonds. The van der Waals surface area contributed by atoms with Crippen LogP contribution in [-0.4, -0.2) is 24.7 Å². The highest BCUT2D eigenvalue weighted by Crippen LogP contribution is 2.41. The first kappa shape index (κ1) is 21.0. The van der Waals surface area contributed by atoms with Gasteiger partial charge in [0.05, 0.1) is 13.2 Å². The number of amides is 1. The Hall–Kier alpha value is -2.69. The summed E-state index contributed by atoms with van der Waals surface area (Å²) in [4.78, 5) is 13.1. The molecule has 5 heteroatoms. The number of benzene rings is 2. The lowest BCUT2D eigenvalue weighted by atomic mass is 9.89. The molecule has 1 heterocycles. The molecule has 0 saturated heterocycles. The molecule has 0 spiro atoms. The second kappa shape index (κ2) is 8.36. The van der Waals surface area contributed by atoms with E-state index in [2.05, 4.69) is 11.4 Å². The molecule has 0 aliphatic carbocycles. The molecule has 3 rings (SSSR count). The van der Waals surface area contributed by atoms with Gasteiger partial charge >= 0.3 is 0 Å². The van der Waals surface area contributed by atoms with Gasteiger partial charge in [0, 0.05) is 12.0 Å². The molecule has 2 atom stereocenters. The van der Waals surface area contributed by atoms with Crippen LogP contribution in [0, 0.1) is 13.8 Å². The van der Waals surface area contributed by atoms with Gasteiger partial charge in [-0.1, -0.05) is 13.0 Å². The zero-order valence-electron chi connectivity index (χ0n) is 18.2. The zero-order chi connectivity index (χ0) is 21.2. The molecule has 0 radical (unpaired) electrons. The molecule has 1 aliphatic heterocycles. The van der Waals surface area contributed by atoms with E-state index in [-0.39, 0.29) is 17.6 Å². The van der Waals surface area contributed by atoms with Crippen molar-refractivity contribution in [3.05, 3.63) is 53.1 Å². The van der Waals surface area contributed by atoms with Crippen LogP contribution in [0.5, 0.6) is 17.2 Å². The van der Waals surface area contributed by atoms with Crippen LogP contribution in [0.1, 0.15) is 56.3 Å². The monoisotopic (exact) mass is 397 g/mol. The molecule has 0 saturated carbocycles. The minimum Gasteiger partial charge on any atom is -0.497 e. The van der Waals surface area contributed by atoms with E-state index in [4.69, 9.17) is 14.2 Å². The number of rotatable bonds is 6. The van der Waals surface area contributed by atoms with Crippen LogP contribution < -0.4 is 19.5 Å². The van der Waals surface area contributed by atoms with Gasteiger partial charge in [-0.2, -0.15) is 0 Å². The van der Waals surface area contributed by atoms with Gasteiger partial charge in [0.15, 0.2) is 6.10 Å². The van der Waals surface area contributed by atoms with Crippen molar-refractivity contribution in [2.45, 2.75) is 65.2 Å². The number of carbonyl (C=O) groups is 1.